The number of ketones is 1. The molecule has 94 valence electrons. The van der Waals surface area contributed by atoms with Gasteiger partial charge in [0.1, 0.15) is 5.75 Å². The molecule has 3 aromatic rings. The van der Waals surface area contributed by atoms with E-state index in [1.165, 1.54) is 6.20 Å². The summed E-state index contributed by atoms with van der Waals surface area (Å²) in [4.78, 5) is 20.6. The van der Waals surface area contributed by atoms with E-state index in [9.17, 15) is 4.79 Å². The normalized spacial score (nSPS) is 10.6. The Morgan fingerprint density at radius 1 is 1.21 bits per heavy atom. The van der Waals surface area contributed by atoms with E-state index in [1.807, 2.05) is 17.5 Å². The standard InChI is InChI=1S/C14H10N2O2S/c1-18-11-4-9(6-15-8-11)14(17)10-5-13-12(16-7-10)2-3-19-13/h2-8H,1H3. The Hall–Kier alpha value is -2.27. The van der Waals surface area contributed by atoms with E-state index in [-0.39, 0.29) is 5.78 Å². The average Bonchev–Trinajstić information content (AvgIpc) is 2.94. The van der Waals surface area contributed by atoms with E-state index in [0.717, 1.165) is 10.2 Å². The number of fused-ring (bicyclic) bond motifs is 1. The Balaban J connectivity index is 2.02. The molecule has 0 bridgehead atoms. The summed E-state index contributed by atoms with van der Waals surface area (Å²) in [6.45, 7) is 0. The molecule has 0 radical (unpaired) electrons. The van der Waals surface area contributed by atoms with Crippen LogP contribution >= 0.6 is 11.3 Å². The Morgan fingerprint density at radius 3 is 2.89 bits per heavy atom. The quantitative estimate of drug-likeness (QED) is 0.687. The number of pyridine rings is 2. The monoisotopic (exact) mass is 270 g/mol. The minimum atomic E-state index is -0.103. The molecule has 0 saturated carbocycles. The van der Waals surface area contributed by atoms with Crippen molar-refractivity contribution in [3.8, 4) is 5.75 Å². The number of hydrogen-bond acceptors (Lipinski definition) is 5. The maximum atomic E-state index is 12.3. The molecule has 19 heavy (non-hydrogen) atoms. The van der Waals surface area contributed by atoms with E-state index in [4.69, 9.17) is 4.74 Å². The molecule has 0 aliphatic carbocycles. The molecule has 0 fully saturated rings. The lowest BCUT2D eigenvalue weighted by molar-refractivity contribution is 0.103. The van der Waals surface area contributed by atoms with Crippen molar-refractivity contribution in [2.75, 3.05) is 7.11 Å². The number of ether oxygens (including phenoxy) is 1. The summed E-state index contributed by atoms with van der Waals surface area (Å²) in [6, 6.07) is 5.46. The molecule has 3 aromatic heterocycles. The van der Waals surface area contributed by atoms with Gasteiger partial charge >= 0.3 is 0 Å². The molecule has 0 saturated heterocycles. The van der Waals surface area contributed by atoms with Crippen LogP contribution in [0, 0.1) is 0 Å². The maximum absolute atomic E-state index is 12.3. The summed E-state index contributed by atoms with van der Waals surface area (Å²) >= 11 is 1.57. The molecule has 0 unspecified atom stereocenters. The first kappa shape index (κ1) is 11.8. The van der Waals surface area contributed by atoms with E-state index in [2.05, 4.69) is 9.97 Å². The van der Waals surface area contributed by atoms with Crippen molar-refractivity contribution in [2.45, 2.75) is 0 Å². The van der Waals surface area contributed by atoms with Crippen LogP contribution in [0.3, 0.4) is 0 Å². The summed E-state index contributed by atoms with van der Waals surface area (Å²) in [5.74, 6) is 0.463. The van der Waals surface area contributed by atoms with E-state index < -0.39 is 0 Å². The molecule has 3 rings (SSSR count). The first-order chi connectivity index (χ1) is 9.28. The van der Waals surface area contributed by atoms with Crippen LogP contribution in [0.15, 0.2) is 42.2 Å². The van der Waals surface area contributed by atoms with Crippen molar-refractivity contribution < 1.29 is 9.53 Å². The summed E-state index contributed by atoms with van der Waals surface area (Å²) in [7, 11) is 1.55. The van der Waals surface area contributed by atoms with Gasteiger partial charge in [0.15, 0.2) is 5.78 Å². The third-order valence-corrected chi connectivity index (χ3v) is 3.63. The van der Waals surface area contributed by atoms with E-state index >= 15 is 0 Å². The molecular weight excluding hydrogens is 260 g/mol. The third-order valence-electron chi connectivity index (χ3n) is 2.78. The summed E-state index contributed by atoms with van der Waals surface area (Å²) in [6.07, 6.45) is 4.69. The second-order valence-corrected chi connectivity index (χ2v) is 4.92. The molecule has 0 aliphatic heterocycles. The zero-order valence-corrected chi connectivity index (χ0v) is 11.0. The van der Waals surface area contributed by atoms with Gasteiger partial charge in [-0.15, -0.1) is 11.3 Å². The van der Waals surface area contributed by atoms with Crippen LogP contribution in [0.4, 0.5) is 0 Å². The van der Waals surface area contributed by atoms with Gasteiger partial charge in [-0.25, -0.2) is 0 Å². The SMILES string of the molecule is COc1cncc(C(=O)c2cnc3ccsc3c2)c1. The smallest absolute Gasteiger partial charge is 0.196 e. The van der Waals surface area contributed by atoms with Crippen LogP contribution in [-0.4, -0.2) is 22.9 Å². The molecule has 0 spiro atoms. The summed E-state index contributed by atoms with van der Waals surface area (Å²) in [5.41, 5.74) is 1.97. The van der Waals surface area contributed by atoms with Crippen LogP contribution in [0.5, 0.6) is 5.75 Å². The number of aromatic nitrogens is 2. The summed E-state index contributed by atoms with van der Waals surface area (Å²) < 4.78 is 6.07. The van der Waals surface area contributed by atoms with E-state index in [0.29, 0.717) is 16.9 Å². The minimum absolute atomic E-state index is 0.103. The highest BCUT2D eigenvalue weighted by Crippen LogP contribution is 2.21. The van der Waals surface area contributed by atoms with E-state index in [1.54, 1.807) is 36.9 Å². The lowest BCUT2D eigenvalue weighted by Gasteiger charge is -2.03. The van der Waals surface area contributed by atoms with Crippen molar-refractivity contribution in [1.82, 2.24) is 9.97 Å². The van der Waals surface area contributed by atoms with Gasteiger partial charge in [-0.2, -0.15) is 0 Å². The fourth-order valence-electron chi connectivity index (χ4n) is 1.79. The predicted octanol–water partition coefficient (Wildman–Crippen LogP) is 2.93. The van der Waals surface area contributed by atoms with Gasteiger partial charge in [-0.05, 0) is 23.6 Å². The Morgan fingerprint density at radius 2 is 2.05 bits per heavy atom. The number of nitrogens with zero attached hydrogens (tertiary/aromatic N) is 2. The third kappa shape index (κ3) is 2.20. The lowest BCUT2D eigenvalue weighted by atomic mass is 10.1. The van der Waals surface area contributed by atoms with Crippen LogP contribution in [0.1, 0.15) is 15.9 Å². The van der Waals surface area contributed by atoms with Crippen LogP contribution < -0.4 is 4.74 Å². The van der Waals surface area contributed by atoms with Gasteiger partial charge in [-0.3, -0.25) is 14.8 Å². The zero-order chi connectivity index (χ0) is 13.2. The van der Waals surface area contributed by atoms with Gasteiger partial charge in [0.05, 0.1) is 23.5 Å². The number of methoxy groups -OCH3 is 1. The van der Waals surface area contributed by atoms with Crippen LogP contribution in [-0.2, 0) is 0 Å². The van der Waals surface area contributed by atoms with Crippen molar-refractivity contribution in [1.29, 1.82) is 0 Å². The number of hydrogen-bond donors (Lipinski definition) is 0. The van der Waals surface area contributed by atoms with Gasteiger partial charge in [-0.1, -0.05) is 0 Å². The Kier molecular flexibility index (Phi) is 2.97. The van der Waals surface area contributed by atoms with Gasteiger partial charge in [0.25, 0.3) is 0 Å². The lowest BCUT2D eigenvalue weighted by Crippen LogP contribution is -2.02. The summed E-state index contributed by atoms with van der Waals surface area (Å²) in [5, 5.41) is 1.96. The molecule has 0 aromatic carbocycles. The first-order valence-electron chi connectivity index (χ1n) is 5.65. The maximum Gasteiger partial charge on any atom is 0.196 e. The van der Waals surface area contributed by atoms with Gasteiger partial charge in [0, 0.05) is 23.5 Å². The molecule has 0 N–H and O–H groups in total. The molecule has 4 nitrogen and oxygen atoms in total. The average molecular weight is 270 g/mol. The van der Waals surface area contributed by atoms with Gasteiger partial charge in [0.2, 0.25) is 0 Å². The number of thiophene rings is 1. The predicted molar refractivity (Wildman–Crippen MR) is 73.8 cm³/mol. The molecule has 5 heteroatoms. The van der Waals surface area contributed by atoms with Crippen molar-refractivity contribution >= 4 is 27.3 Å². The van der Waals surface area contributed by atoms with Crippen molar-refractivity contribution in [3.63, 3.8) is 0 Å². The Labute approximate surface area is 113 Å². The zero-order valence-electron chi connectivity index (χ0n) is 10.2. The van der Waals surface area contributed by atoms with Gasteiger partial charge < -0.3 is 4.74 Å². The number of rotatable bonds is 3. The van der Waals surface area contributed by atoms with Crippen molar-refractivity contribution in [2.24, 2.45) is 0 Å². The first-order valence-corrected chi connectivity index (χ1v) is 6.53. The molecule has 0 atom stereocenters. The second kappa shape index (κ2) is 4.78. The highest BCUT2D eigenvalue weighted by molar-refractivity contribution is 7.17. The molecular formula is C14H10N2O2S. The minimum Gasteiger partial charge on any atom is -0.495 e. The van der Waals surface area contributed by atoms with Crippen LogP contribution in [0.2, 0.25) is 0 Å². The largest absolute Gasteiger partial charge is 0.495 e. The molecule has 3 heterocycles. The second-order valence-electron chi connectivity index (χ2n) is 3.97. The highest BCUT2D eigenvalue weighted by atomic mass is 32.1. The van der Waals surface area contributed by atoms with Crippen LogP contribution in [0.25, 0.3) is 10.2 Å². The number of carbonyl (C=O) groups is 1. The molecule has 0 aliphatic rings. The molecule has 0 amide bonds. The fraction of sp³-hybridized carbons (Fsp3) is 0.0714. The van der Waals surface area contributed by atoms with Crippen molar-refractivity contribution in [3.05, 3.63) is 53.3 Å². The number of carbonyl (C=O) groups excluding carboxylic acids is 1. The highest BCUT2D eigenvalue weighted by Gasteiger charge is 2.12. The fourth-order valence-corrected chi connectivity index (χ4v) is 2.57. The Bertz CT molecular complexity index is 752. The topological polar surface area (TPSA) is 52.1 Å².